The van der Waals surface area contributed by atoms with Crippen LogP contribution in [-0.2, 0) is 0 Å². The minimum absolute atomic E-state index is 0.185. The molecule has 0 heterocycles. The lowest BCUT2D eigenvalue weighted by molar-refractivity contribution is 0.0705. The monoisotopic (exact) mass is 343 g/mol. The normalized spacial score (nSPS) is 15.4. The topological polar surface area (TPSA) is 20.3 Å². The maximum Gasteiger partial charge on any atom is 0.254 e. The molecule has 0 unspecified atom stereocenters. The molecule has 0 saturated heterocycles. The largest absolute Gasteiger partial charge is 0.339 e. The van der Waals surface area contributed by atoms with Gasteiger partial charge in [0.2, 0.25) is 0 Å². The lowest BCUT2D eigenvalue weighted by Gasteiger charge is -2.32. The molecule has 3 heteroatoms. The number of nitrogens with zero attached hydrogens (tertiary/aromatic N) is 1. The lowest BCUT2D eigenvalue weighted by atomic mass is 9.85. The quantitative estimate of drug-likeness (QED) is 0.766. The molecule has 1 fully saturated rings. The predicted octanol–water partition coefficient (Wildman–Crippen LogP) is 3.55. The Balaban J connectivity index is 2.08. The second-order valence-corrected chi connectivity index (χ2v) is 5.78. The predicted molar refractivity (Wildman–Crippen MR) is 78.1 cm³/mol. The fraction of sp³-hybridized carbons (Fsp3) is 0.500. The van der Waals surface area contributed by atoms with E-state index in [4.69, 9.17) is 0 Å². The standard InChI is InChI=1S/C14H18INO/c1-2-16(10-11-6-5-7-11)14(17)12-8-3-4-9-13(12)15/h3-4,8-9,11H,2,5-7,10H2,1H3. The Morgan fingerprint density at radius 2 is 2.12 bits per heavy atom. The van der Waals surface area contributed by atoms with Crippen LogP contribution in [0.4, 0.5) is 0 Å². The first-order valence-electron chi connectivity index (χ1n) is 6.26. The molecule has 2 rings (SSSR count). The van der Waals surface area contributed by atoms with Crippen molar-refractivity contribution < 1.29 is 4.79 Å². The molecule has 1 amide bonds. The SMILES string of the molecule is CCN(CC1CCC1)C(=O)c1ccccc1I. The molecule has 0 aromatic heterocycles. The average molecular weight is 343 g/mol. The molecule has 2 nitrogen and oxygen atoms in total. The Morgan fingerprint density at radius 3 is 2.65 bits per heavy atom. The highest BCUT2D eigenvalue weighted by molar-refractivity contribution is 14.1. The zero-order valence-electron chi connectivity index (χ0n) is 10.2. The van der Waals surface area contributed by atoms with E-state index in [0.717, 1.165) is 28.1 Å². The van der Waals surface area contributed by atoms with E-state index in [1.165, 1.54) is 19.3 Å². The second-order valence-electron chi connectivity index (χ2n) is 4.62. The summed E-state index contributed by atoms with van der Waals surface area (Å²) in [6, 6.07) is 7.83. The summed E-state index contributed by atoms with van der Waals surface area (Å²) in [6.07, 6.45) is 3.91. The number of halogens is 1. The van der Waals surface area contributed by atoms with Gasteiger partial charge in [0, 0.05) is 16.7 Å². The van der Waals surface area contributed by atoms with Crippen LogP contribution in [0.2, 0.25) is 0 Å². The minimum atomic E-state index is 0.185. The van der Waals surface area contributed by atoms with E-state index in [9.17, 15) is 4.79 Å². The Morgan fingerprint density at radius 1 is 1.41 bits per heavy atom. The van der Waals surface area contributed by atoms with Crippen LogP contribution >= 0.6 is 22.6 Å². The molecule has 1 aliphatic carbocycles. The molecule has 17 heavy (non-hydrogen) atoms. The Bertz CT molecular complexity index is 401. The molecule has 0 atom stereocenters. The highest BCUT2D eigenvalue weighted by Gasteiger charge is 2.24. The summed E-state index contributed by atoms with van der Waals surface area (Å²) < 4.78 is 1.04. The van der Waals surface area contributed by atoms with Crippen molar-refractivity contribution in [2.45, 2.75) is 26.2 Å². The van der Waals surface area contributed by atoms with E-state index in [0.29, 0.717) is 0 Å². The molecule has 0 radical (unpaired) electrons. The Hall–Kier alpha value is -0.580. The summed E-state index contributed by atoms with van der Waals surface area (Å²) >= 11 is 2.23. The third-order valence-electron chi connectivity index (χ3n) is 3.48. The van der Waals surface area contributed by atoms with Gasteiger partial charge in [-0.2, -0.15) is 0 Å². The van der Waals surface area contributed by atoms with Crippen LogP contribution in [0.25, 0.3) is 0 Å². The fourth-order valence-electron chi connectivity index (χ4n) is 2.15. The highest BCUT2D eigenvalue weighted by atomic mass is 127. The first kappa shape index (κ1) is 12.9. The van der Waals surface area contributed by atoms with Crippen LogP contribution in [0.1, 0.15) is 36.5 Å². The van der Waals surface area contributed by atoms with Crippen molar-refractivity contribution in [3.8, 4) is 0 Å². The third-order valence-corrected chi connectivity index (χ3v) is 4.42. The first-order valence-corrected chi connectivity index (χ1v) is 7.34. The molecule has 1 aliphatic rings. The van der Waals surface area contributed by atoms with Gasteiger partial charge in [0.05, 0.1) is 5.56 Å². The van der Waals surface area contributed by atoms with Gasteiger partial charge in [0.1, 0.15) is 0 Å². The van der Waals surface area contributed by atoms with Crippen LogP contribution in [0.15, 0.2) is 24.3 Å². The van der Waals surface area contributed by atoms with E-state index in [1.54, 1.807) is 0 Å². The van der Waals surface area contributed by atoms with Crippen molar-refractivity contribution in [1.82, 2.24) is 4.90 Å². The van der Waals surface area contributed by atoms with Gasteiger partial charge in [-0.05, 0) is 60.4 Å². The second kappa shape index (κ2) is 5.85. The van der Waals surface area contributed by atoms with Crippen LogP contribution in [0.5, 0.6) is 0 Å². The van der Waals surface area contributed by atoms with Crippen molar-refractivity contribution in [3.05, 3.63) is 33.4 Å². The average Bonchev–Trinajstić information content (AvgIpc) is 2.28. The maximum absolute atomic E-state index is 12.4. The molecule has 1 aromatic rings. The Kier molecular flexibility index (Phi) is 4.42. The van der Waals surface area contributed by atoms with Gasteiger partial charge in [0.15, 0.2) is 0 Å². The van der Waals surface area contributed by atoms with E-state index < -0.39 is 0 Å². The molecule has 92 valence electrons. The molecule has 0 N–H and O–H groups in total. The summed E-state index contributed by atoms with van der Waals surface area (Å²) in [4.78, 5) is 14.4. The fourth-order valence-corrected chi connectivity index (χ4v) is 2.77. The van der Waals surface area contributed by atoms with Gasteiger partial charge in [-0.25, -0.2) is 0 Å². The van der Waals surface area contributed by atoms with Gasteiger partial charge in [0.25, 0.3) is 5.91 Å². The van der Waals surface area contributed by atoms with Crippen molar-refractivity contribution in [2.24, 2.45) is 5.92 Å². The van der Waals surface area contributed by atoms with Crippen molar-refractivity contribution in [3.63, 3.8) is 0 Å². The summed E-state index contributed by atoms with van der Waals surface area (Å²) in [5.74, 6) is 0.921. The number of carbonyl (C=O) groups is 1. The van der Waals surface area contributed by atoms with Gasteiger partial charge in [-0.15, -0.1) is 0 Å². The zero-order chi connectivity index (χ0) is 12.3. The third kappa shape index (κ3) is 3.00. The number of amides is 1. The number of carbonyl (C=O) groups excluding carboxylic acids is 1. The van der Waals surface area contributed by atoms with E-state index in [-0.39, 0.29) is 5.91 Å². The van der Waals surface area contributed by atoms with Crippen LogP contribution in [0, 0.1) is 9.49 Å². The van der Waals surface area contributed by atoms with Crippen LogP contribution < -0.4 is 0 Å². The number of hydrogen-bond donors (Lipinski definition) is 0. The molecule has 0 bridgehead atoms. The van der Waals surface area contributed by atoms with Crippen molar-refractivity contribution in [2.75, 3.05) is 13.1 Å². The molecule has 0 aliphatic heterocycles. The molecule has 0 spiro atoms. The van der Waals surface area contributed by atoms with Gasteiger partial charge < -0.3 is 4.90 Å². The first-order chi connectivity index (χ1) is 8.22. The molecular formula is C14H18INO. The van der Waals surface area contributed by atoms with E-state index in [1.807, 2.05) is 29.2 Å². The number of benzene rings is 1. The molecule has 1 aromatic carbocycles. The summed E-state index contributed by atoms with van der Waals surface area (Å²) in [6.45, 7) is 3.80. The van der Waals surface area contributed by atoms with Gasteiger partial charge >= 0.3 is 0 Å². The summed E-state index contributed by atoms with van der Waals surface area (Å²) in [7, 11) is 0. The van der Waals surface area contributed by atoms with Crippen molar-refractivity contribution in [1.29, 1.82) is 0 Å². The van der Waals surface area contributed by atoms with Crippen molar-refractivity contribution >= 4 is 28.5 Å². The minimum Gasteiger partial charge on any atom is -0.339 e. The maximum atomic E-state index is 12.4. The van der Waals surface area contributed by atoms with Crippen LogP contribution in [0.3, 0.4) is 0 Å². The van der Waals surface area contributed by atoms with E-state index in [2.05, 4.69) is 29.5 Å². The van der Waals surface area contributed by atoms with Crippen LogP contribution in [-0.4, -0.2) is 23.9 Å². The lowest BCUT2D eigenvalue weighted by Crippen LogP contribution is -2.37. The molecular weight excluding hydrogens is 325 g/mol. The van der Waals surface area contributed by atoms with Gasteiger partial charge in [-0.3, -0.25) is 4.79 Å². The van der Waals surface area contributed by atoms with E-state index >= 15 is 0 Å². The summed E-state index contributed by atoms with van der Waals surface area (Å²) in [5, 5.41) is 0. The number of hydrogen-bond acceptors (Lipinski definition) is 1. The smallest absolute Gasteiger partial charge is 0.254 e. The number of rotatable bonds is 4. The molecule has 1 saturated carbocycles. The van der Waals surface area contributed by atoms with Gasteiger partial charge in [-0.1, -0.05) is 18.6 Å². The summed E-state index contributed by atoms with van der Waals surface area (Å²) in [5.41, 5.74) is 0.842. The zero-order valence-corrected chi connectivity index (χ0v) is 12.3. The Labute approximate surface area is 117 Å². The highest BCUT2D eigenvalue weighted by Crippen LogP contribution is 2.27.